The molecule has 1 aromatic rings. The molecule has 1 N–H and O–H groups in total. The molecule has 0 heterocycles. The SMILES string of the molecule is CNC(c1cc(C)ccc1C)C(C)(C)C#N. The average molecular weight is 216 g/mol. The van der Waals surface area contributed by atoms with E-state index in [1.807, 2.05) is 20.9 Å². The molecule has 0 saturated heterocycles. The van der Waals surface area contributed by atoms with Crippen LogP contribution in [-0.4, -0.2) is 7.05 Å². The van der Waals surface area contributed by atoms with Gasteiger partial charge in [0.05, 0.1) is 17.5 Å². The number of nitriles is 1. The summed E-state index contributed by atoms with van der Waals surface area (Å²) in [7, 11) is 1.91. The molecule has 86 valence electrons. The van der Waals surface area contributed by atoms with E-state index in [1.54, 1.807) is 0 Å². The van der Waals surface area contributed by atoms with E-state index in [1.165, 1.54) is 16.7 Å². The highest BCUT2D eigenvalue weighted by molar-refractivity contribution is 5.35. The van der Waals surface area contributed by atoms with E-state index < -0.39 is 5.41 Å². The molecule has 2 heteroatoms. The number of rotatable bonds is 3. The molecule has 0 amide bonds. The van der Waals surface area contributed by atoms with Crippen LogP contribution in [0.15, 0.2) is 18.2 Å². The van der Waals surface area contributed by atoms with Crippen LogP contribution in [0.5, 0.6) is 0 Å². The van der Waals surface area contributed by atoms with Crippen molar-refractivity contribution in [1.29, 1.82) is 5.26 Å². The Morgan fingerprint density at radius 3 is 2.44 bits per heavy atom. The fraction of sp³-hybridized carbons (Fsp3) is 0.500. The Morgan fingerprint density at radius 1 is 1.31 bits per heavy atom. The van der Waals surface area contributed by atoms with Gasteiger partial charge in [0.2, 0.25) is 0 Å². The lowest BCUT2D eigenvalue weighted by molar-refractivity contribution is 0.343. The van der Waals surface area contributed by atoms with Crippen molar-refractivity contribution in [3.8, 4) is 6.07 Å². The zero-order valence-electron chi connectivity index (χ0n) is 10.8. The molecule has 2 nitrogen and oxygen atoms in total. The maximum Gasteiger partial charge on any atom is 0.0712 e. The molecule has 0 saturated carbocycles. The van der Waals surface area contributed by atoms with Crippen molar-refractivity contribution in [2.24, 2.45) is 5.41 Å². The van der Waals surface area contributed by atoms with Crippen LogP contribution in [0.25, 0.3) is 0 Å². The Kier molecular flexibility index (Phi) is 3.72. The van der Waals surface area contributed by atoms with Crippen molar-refractivity contribution in [2.75, 3.05) is 7.05 Å². The summed E-state index contributed by atoms with van der Waals surface area (Å²) < 4.78 is 0. The van der Waals surface area contributed by atoms with E-state index in [0.29, 0.717) is 0 Å². The van der Waals surface area contributed by atoms with Crippen LogP contribution >= 0.6 is 0 Å². The topological polar surface area (TPSA) is 35.8 Å². The van der Waals surface area contributed by atoms with Crippen molar-refractivity contribution in [3.63, 3.8) is 0 Å². The second kappa shape index (κ2) is 4.67. The highest BCUT2D eigenvalue weighted by Crippen LogP contribution is 2.34. The molecule has 0 aliphatic heterocycles. The van der Waals surface area contributed by atoms with Crippen LogP contribution < -0.4 is 5.32 Å². The van der Waals surface area contributed by atoms with Gasteiger partial charge in [-0.3, -0.25) is 0 Å². The first kappa shape index (κ1) is 12.7. The smallest absolute Gasteiger partial charge is 0.0712 e. The molecule has 0 radical (unpaired) electrons. The van der Waals surface area contributed by atoms with Gasteiger partial charge in [-0.1, -0.05) is 23.8 Å². The second-order valence-corrected chi connectivity index (χ2v) is 4.92. The van der Waals surface area contributed by atoms with Gasteiger partial charge in [-0.05, 0) is 45.9 Å². The highest BCUT2D eigenvalue weighted by atomic mass is 14.9. The predicted molar refractivity (Wildman–Crippen MR) is 67.1 cm³/mol. The summed E-state index contributed by atoms with van der Waals surface area (Å²) in [5, 5.41) is 12.5. The van der Waals surface area contributed by atoms with E-state index in [-0.39, 0.29) is 6.04 Å². The normalized spacial score (nSPS) is 13.2. The maximum absolute atomic E-state index is 9.23. The molecule has 0 fully saturated rings. The minimum Gasteiger partial charge on any atom is -0.312 e. The number of benzene rings is 1. The Balaban J connectivity index is 3.25. The molecule has 1 atom stereocenters. The lowest BCUT2D eigenvalue weighted by atomic mass is 9.80. The summed E-state index contributed by atoms with van der Waals surface area (Å²) >= 11 is 0. The molecular formula is C14H20N2. The minimum atomic E-state index is -0.409. The van der Waals surface area contributed by atoms with E-state index in [0.717, 1.165) is 0 Å². The third-order valence-corrected chi connectivity index (χ3v) is 3.04. The predicted octanol–water partition coefficient (Wildman–Crippen LogP) is 3.11. The van der Waals surface area contributed by atoms with Crippen LogP contribution in [0.1, 0.15) is 36.6 Å². The van der Waals surface area contributed by atoms with Gasteiger partial charge in [-0.15, -0.1) is 0 Å². The standard InChI is InChI=1S/C14H20N2/c1-10-6-7-11(2)12(8-10)13(16-5)14(3,4)9-15/h6-8,13,16H,1-5H3. The number of aryl methyl sites for hydroxylation is 2. The van der Waals surface area contributed by atoms with Crippen LogP contribution in [0.4, 0.5) is 0 Å². The lowest BCUT2D eigenvalue weighted by Crippen LogP contribution is -2.31. The van der Waals surface area contributed by atoms with Gasteiger partial charge in [-0.25, -0.2) is 0 Å². The minimum absolute atomic E-state index is 0.0670. The molecule has 0 aliphatic rings. The zero-order valence-corrected chi connectivity index (χ0v) is 10.8. The summed E-state index contributed by atoms with van der Waals surface area (Å²) in [5.41, 5.74) is 3.27. The molecule has 0 aromatic heterocycles. The van der Waals surface area contributed by atoms with Gasteiger partial charge in [-0.2, -0.15) is 5.26 Å². The fourth-order valence-corrected chi connectivity index (χ4v) is 2.04. The second-order valence-electron chi connectivity index (χ2n) is 4.92. The van der Waals surface area contributed by atoms with Crippen molar-refractivity contribution < 1.29 is 0 Å². The van der Waals surface area contributed by atoms with Gasteiger partial charge in [0.1, 0.15) is 0 Å². The van der Waals surface area contributed by atoms with Crippen LogP contribution in [0.3, 0.4) is 0 Å². The molecule has 0 aliphatic carbocycles. The molecule has 16 heavy (non-hydrogen) atoms. The third kappa shape index (κ3) is 2.43. The van der Waals surface area contributed by atoms with E-state index in [9.17, 15) is 5.26 Å². The van der Waals surface area contributed by atoms with Crippen molar-refractivity contribution in [3.05, 3.63) is 34.9 Å². The number of nitrogens with one attached hydrogen (secondary N) is 1. The van der Waals surface area contributed by atoms with Gasteiger partial charge >= 0.3 is 0 Å². The first-order valence-electron chi connectivity index (χ1n) is 5.58. The van der Waals surface area contributed by atoms with Crippen LogP contribution in [0, 0.1) is 30.6 Å². The zero-order chi connectivity index (χ0) is 12.3. The lowest BCUT2D eigenvalue weighted by Gasteiger charge is -2.29. The summed E-state index contributed by atoms with van der Waals surface area (Å²) in [6.45, 7) is 8.10. The summed E-state index contributed by atoms with van der Waals surface area (Å²) in [6, 6.07) is 8.82. The van der Waals surface area contributed by atoms with Crippen molar-refractivity contribution >= 4 is 0 Å². The Bertz CT molecular complexity index is 413. The van der Waals surface area contributed by atoms with E-state index in [4.69, 9.17) is 0 Å². The monoisotopic (exact) mass is 216 g/mol. The van der Waals surface area contributed by atoms with E-state index >= 15 is 0 Å². The Morgan fingerprint density at radius 2 is 1.94 bits per heavy atom. The number of hydrogen-bond donors (Lipinski definition) is 1. The van der Waals surface area contributed by atoms with E-state index in [2.05, 4.69) is 43.4 Å². The average Bonchev–Trinajstić information content (AvgIpc) is 2.24. The number of hydrogen-bond acceptors (Lipinski definition) is 2. The van der Waals surface area contributed by atoms with Crippen LogP contribution in [0.2, 0.25) is 0 Å². The summed E-state index contributed by atoms with van der Waals surface area (Å²) in [5.74, 6) is 0. The fourth-order valence-electron chi connectivity index (χ4n) is 2.04. The Hall–Kier alpha value is -1.33. The first-order valence-corrected chi connectivity index (χ1v) is 5.58. The van der Waals surface area contributed by atoms with Crippen LogP contribution in [-0.2, 0) is 0 Å². The number of nitrogens with zero attached hydrogens (tertiary/aromatic N) is 1. The first-order chi connectivity index (χ1) is 7.42. The molecule has 1 aromatic carbocycles. The van der Waals surface area contributed by atoms with Gasteiger partial charge in [0, 0.05) is 0 Å². The molecule has 0 bridgehead atoms. The molecule has 1 unspecified atom stereocenters. The summed E-state index contributed by atoms with van der Waals surface area (Å²) in [4.78, 5) is 0. The highest BCUT2D eigenvalue weighted by Gasteiger charge is 2.30. The summed E-state index contributed by atoms with van der Waals surface area (Å²) in [6.07, 6.45) is 0. The Labute approximate surface area is 98.3 Å². The maximum atomic E-state index is 9.23. The largest absolute Gasteiger partial charge is 0.312 e. The van der Waals surface area contributed by atoms with Gasteiger partial charge in [0.25, 0.3) is 0 Å². The van der Waals surface area contributed by atoms with Gasteiger partial charge in [0.15, 0.2) is 0 Å². The molecule has 1 rings (SSSR count). The third-order valence-electron chi connectivity index (χ3n) is 3.04. The van der Waals surface area contributed by atoms with Crippen molar-refractivity contribution in [2.45, 2.75) is 33.7 Å². The molecular weight excluding hydrogens is 196 g/mol. The quantitative estimate of drug-likeness (QED) is 0.842. The molecule has 0 spiro atoms. The van der Waals surface area contributed by atoms with Gasteiger partial charge < -0.3 is 5.32 Å². The van der Waals surface area contributed by atoms with Crippen molar-refractivity contribution in [1.82, 2.24) is 5.32 Å².